The maximum absolute atomic E-state index is 6.10. The summed E-state index contributed by atoms with van der Waals surface area (Å²) in [6.45, 7) is 12.0. The van der Waals surface area contributed by atoms with E-state index >= 15 is 0 Å². The monoisotopic (exact) mass is 296 g/mol. The zero-order valence-corrected chi connectivity index (χ0v) is 14.5. The lowest BCUT2D eigenvalue weighted by Crippen LogP contribution is -2.57. The van der Waals surface area contributed by atoms with Crippen molar-refractivity contribution in [2.75, 3.05) is 13.6 Å². The summed E-state index contributed by atoms with van der Waals surface area (Å²) in [6.07, 6.45) is 0.928. The molecule has 1 rings (SSSR count). The topological polar surface area (TPSA) is 29.3 Å². The van der Waals surface area contributed by atoms with Crippen LogP contribution in [0.4, 0.5) is 0 Å². The maximum atomic E-state index is 6.10. The number of nitrogens with zero attached hydrogens (tertiary/aromatic N) is 1. The maximum Gasteiger partial charge on any atom is 0.0406 e. The van der Waals surface area contributed by atoms with Crippen LogP contribution in [0.1, 0.15) is 40.2 Å². The predicted octanol–water partition coefficient (Wildman–Crippen LogP) is 3.97. The molecule has 0 heterocycles. The normalized spacial score (nSPS) is 17.1. The van der Waals surface area contributed by atoms with Crippen LogP contribution in [-0.2, 0) is 6.42 Å². The molecule has 3 heteroatoms. The minimum Gasteiger partial charge on any atom is -0.329 e. The van der Waals surface area contributed by atoms with E-state index in [0.717, 1.165) is 11.4 Å². The van der Waals surface area contributed by atoms with E-state index in [1.165, 1.54) is 5.56 Å². The summed E-state index contributed by atoms with van der Waals surface area (Å²) in [5.74, 6) is 0. The van der Waals surface area contributed by atoms with Gasteiger partial charge in [0.15, 0.2) is 0 Å². The van der Waals surface area contributed by atoms with Crippen LogP contribution in [0.25, 0.3) is 0 Å². The molecular formula is C17H29ClN2. The molecule has 1 aromatic rings. The van der Waals surface area contributed by atoms with Crippen molar-refractivity contribution in [2.45, 2.75) is 52.6 Å². The highest BCUT2D eigenvalue weighted by molar-refractivity contribution is 6.30. The molecule has 0 fully saturated rings. The second kappa shape index (κ2) is 6.46. The standard InChI is InChI=1S/C17H29ClN2/c1-13(16(2,3)4)20(6)17(5,12-19)11-14-7-9-15(18)10-8-14/h7-10,13H,11-12,19H2,1-6H3. The van der Waals surface area contributed by atoms with Gasteiger partial charge in [0, 0.05) is 23.1 Å². The van der Waals surface area contributed by atoms with Gasteiger partial charge in [-0.15, -0.1) is 0 Å². The lowest BCUT2D eigenvalue weighted by molar-refractivity contribution is 0.0425. The van der Waals surface area contributed by atoms with Gasteiger partial charge in [-0.05, 0) is 50.4 Å². The average molecular weight is 297 g/mol. The van der Waals surface area contributed by atoms with Crippen molar-refractivity contribution in [3.05, 3.63) is 34.9 Å². The van der Waals surface area contributed by atoms with Gasteiger partial charge in [0.1, 0.15) is 0 Å². The Hall–Kier alpha value is -0.570. The molecule has 2 N–H and O–H groups in total. The number of hydrogen-bond donors (Lipinski definition) is 1. The van der Waals surface area contributed by atoms with Crippen LogP contribution in [0.3, 0.4) is 0 Å². The van der Waals surface area contributed by atoms with E-state index in [4.69, 9.17) is 17.3 Å². The number of likely N-dealkylation sites (N-methyl/N-ethyl adjacent to an activating group) is 1. The van der Waals surface area contributed by atoms with Gasteiger partial charge >= 0.3 is 0 Å². The van der Waals surface area contributed by atoms with E-state index in [0.29, 0.717) is 12.6 Å². The van der Waals surface area contributed by atoms with Gasteiger partial charge in [-0.2, -0.15) is 0 Å². The molecule has 2 unspecified atom stereocenters. The average Bonchev–Trinajstić information content (AvgIpc) is 2.38. The molecule has 20 heavy (non-hydrogen) atoms. The minimum atomic E-state index is -0.0550. The van der Waals surface area contributed by atoms with Gasteiger partial charge in [0.05, 0.1) is 0 Å². The van der Waals surface area contributed by atoms with Crippen molar-refractivity contribution in [3.8, 4) is 0 Å². The summed E-state index contributed by atoms with van der Waals surface area (Å²) in [6, 6.07) is 8.52. The lowest BCUT2D eigenvalue weighted by atomic mass is 9.82. The molecule has 0 aromatic heterocycles. The highest BCUT2D eigenvalue weighted by atomic mass is 35.5. The minimum absolute atomic E-state index is 0.0550. The molecule has 0 amide bonds. The Morgan fingerprint density at radius 1 is 1.15 bits per heavy atom. The zero-order chi connectivity index (χ0) is 15.6. The SMILES string of the molecule is CC(N(C)C(C)(CN)Cc1ccc(Cl)cc1)C(C)(C)C. The first-order chi connectivity index (χ1) is 9.10. The number of benzene rings is 1. The third-order valence-electron chi connectivity index (χ3n) is 4.62. The molecule has 0 aliphatic carbocycles. The van der Waals surface area contributed by atoms with Crippen LogP contribution < -0.4 is 5.73 Å². The van der Waals surface area contributed by atoms with Crippen LogP contribution in [0, 0.1) is 5.41 Å². The fourth-order valence-corrected chi connectivity index (χ4v) is 2.56. The largest absolute Gasteiger partial charge is 0.329 e. The summed E-state index contributed by atoms with van der Waals surface area (Å²) in [5.41, 5.74) is 7.54. The predicted molar refractivity (Wildman–Crippen MR) is 89.3 cm³/mol. The van der Waals surface area contributed by atoms with Crippen molar-refractivity contribution in [1.82, 2.24) is 4.90 Å². The fourth-order valence-electron chi connectivity index (χ4n) is 2.43. The summed E-state index contributed by atoms with van der Waals surface area (Å²) in [5, 5.41) is 0.777. The van der Waals surface area contributed by atoms with Gasteiger partial charge < -0.3 is 5.73 Å². The van der Waals surface area contributed by atoms with Crippen LogP contribution in [0.15, 0.2) is 24.3 Å². The van der Waals surface area contributed by atoms with Gasteiger partial charge in [0.25, 0.3) is 0 Å². The van der Waals surface area contributed by atoms with Crippen LogP contribution in [-0.4, -0.2) is 30.1 Å². The van der Waals surface area contributed by atoms with E-state index in [-0.39, 0.29) is 11.0 Å². The van der Waals surface area contributed by atoms with E-state index < -0.39 is 0 Å². The third kappa shape index (κ3) is 4.21. The van der Waals surface area contributed by atoms with Crippen molar-refractivity contribution < 1.29 is 0 Å². The highest BCUT2D eigenvalue weighted by Gasteiger charge is 2.35. The Bertz CT molecular complexity index is 422. The van der Waals surface area contributed by atoms with Crippen LogP contribution in [0.2, 0.25) is 5.02 Å². The molecule has 0 saturated carbocycles. The van der Waals surface area contributed by atoms with Crippen molar-refractivity contribution in [2.24, 2.45) is 11.1 Å². The molecule has 0 saturated heterocycles. The van der Waals surface area contributed by atoms with E-state index in [9.17, 15) is 0 Å². The molecule has 114 valence electrons. The second-order valence-corrected chi connectivity index (χ2v) is 7.59. The first kappa shape index (κ1) is 17.5. The second-order valence-electron chi connectivity index (χ2n) is 7.16. The van der Waals surface area contributed by atoms with Gasteiger partial charge in [-0.1, -0.05) is 44.5 Å². The van der Waals surface area contributed by atoms with E-state index in [1.54, 1.807) is 0 Å². The number of nitrogens with two attached hydrogens (primary N) is 1. The smallest absolute Gasteiger partial charge is 0.0406 e. The van der Waals surface area contributed by atoms with E-state index in [2.05, 4.69) is 58.7 Å². The summed E-state index contributed by atoms with van der Waals surface area (Å²) in [7, 11) is 2.18. The van der Waals surface area contributed by atoms with Gasteiger partial charge in [-0.3, -0.25) is 4.90 Å². The van der Waals surface area contributed by atoms with Crippen molar-refractivity contribution in [1.29, 1.82) is 0 Å². The first-order valence-corrected chi connectivity index (χ1v) is 7.65. The molecule has 0 spiro atoms. The number of halogens is 1. The Morgan fingerprint density at radius 2 is 1.65 bits per heavy atom. The van der Waals surface area contributed by atoms with E-state index in [1.807, 2.05) is 12.1 Å². The third-order valence-corrected chi connectivity index (χ3v) is 4.88. The zero-order valence-electron chi connectivity index (χ0n) is 13.7. The van der Waals surface area contributed by atoms with Crippen molar-refractivity contribution >= 4 is 11.6 Å². The Labute approximate surface area is 129 Å². The molecule has 0 radical (unpaired) electrons. The van der Waals surface area contributed by atoms with Crippen LogP contribution >= 0.6 is 11.6 Å². The fraction of sp³-hybridized carbons (Fsp3) is 0.647. The number of hydrogen-bond acceptors (Lipinski definition) is 2. The lowest BCUT2D eigenvalue weighted by Gasteiger charge is -2.46. The summed E-state index contributed by atoms with van der Waals surface area (Å²) >= 11 is 5.95. The molecular weight excluding hydrogens is 268 g/mol. The summed E-state index contributed by atoms with van der Waals surface area (Å²) in [4.78, 5) is 2.42. The Kier molecular flexibility index (Phi) is 5.65. The number of rotatable bonds is 5. The molecule has 2 nitrogen and oxygen atoms in total. The Balaban J connectivity index is 2.93. The van der Waals surface area contributed by atoms with Gasteiger partial charge in [-0.25, -0.2) is 0 Å². The first-order valence-electron chi connectivity index (χ1n) is 7.27. The molecule has 0 bridgehead atoms. The van der Waals surface area contributed by atoms with Gasteiger partial charge in [0.2, 0.25) is 0 Å². The van der Waals surface area contributed by atoms with Crippen molar-refractivity contribution in [3.63, 3.8) is 0 Å². The summed E-state index contributed by atoms with van der Waals surface area (Å²) < 4.78 is 0. The highest BCUT2D eigenvalue weighted by Crippen LogP contribution is 2.30. The molecule has 0 aliphatic rings. The molecule has 1 aromatic carbocycles. The molecule has 0 aliphatic heterocycles. The quantitative estimate of drug-likeness (QED) is 0.891. The Morgan fingerprint density at radius 3 is 2.05 bits per heavy atom. The molecule has 2 atom stereocenters. The van der Waals surface area contributed by atoms with Crippen LogP contribution in [0.5, 0.6) is 0 Å².